The highest BCUT2D eigenvalue weighted by molar-refractivity contribution is 5.89. The minimum atomic E-state index is -0.248. The maximum absolute atomic E-state index is 11.9. The average molecular weight is 317 g/mol. The summed E-state index contributed by atoms with van der Waals surface area (Å²) in [5, 5.41) is 9.52. The number of carbonyl (C=O) groups excluding carboxylic acids is 1. The molecule has 1 aromatic carbocycles. The largest absolute Gasteiger partial charge is 0.454 e. The summed E-state index contributed by atoms with van der Waals surface area (Å²) in [6.07, 6.45) is 1.64. The molecular weight excluding hydrogens is 298 g/mol. The molecule has 2 amide bonds. The lowest BCUT2D eigenvalue weighted by atomic mass is 10.1. The number of carbonyl (C=O) groups is 1. The first kappa shape index (κ1) is 15.2. The maximum Gasteiger partial charge on any atom is 0.319 e. The smallest absolute Gasteiger partial charge is 0.319 e. The summed E-state index contributed by atoms with van der Waals surface area (Å²) >= 11 is 0. The van der Waals surface area contributed by atoms with E-state index in [9.17, 15) is 4.79 Å². The SMILES string of the molecule is Cc1noc(C)c1CCCNC(=O)Nc1ccc2c(c1)OCO2. The molecule has 0 saturated heterocycles. The highest BCUT2D eigenvalue weighted by atomic mass is 16.7. The molecule has 3 rings (SSSR count). The van der Waals surface area contributed by atoms with Crippen LogP contribution < -0.4 is 20.1 Å². The zero-order chi connectivity index (χ0) is 16.2. The van der Waals surface area contributed by atoms with Crippen LogP contribution in [-0.2, 0) is 6.42 Å². The third-order valence-electron chi connectivity index (χ3n) is 3.70. The number of fused-ring (bicyclic) bond motifs is 1. The van der Waals surface area contributed by atoms with Crippen molar-refractivity contribution in [2.24, 2.45) is 0 Å². The summed E-state index contributed by atoms with van der Waals surface area (Å²) in [5.74, 6) is 2.17. The average Bonchev–Trinajstić information content (AvgIpc) is 3.11. The van der Waals surface area contributed by atoms with E-state index in [1.165, 1.54) is 0 Å². The number of anilines is 1. The molecule has 7 heteroatoms. The fraction of sp³-hybridized carbons (Fsp3) is 0.375. The van der Waals surface area contributed by atoms with Crippen LogP contribution in [0.1, 0.15) is 23.4 Å². The maximum atomic E-state index is 11.9. The van der Waals surface area contributed by atoms with Crippen molar-refractivity contribution >= 4 is 11.7 Å². The van der Waals surface area contributed by atoms with Crippen LogP contribution in [0.25, 0.3) is 0 Å². The van der Waals surface area contributed by atoms with Gasteiger partial charge in [-0.1, -0.05) is 5.16 Å². The minimum Gasteiger partial charge on any atom is -0.454 e. The Labute approximate surface area is 133 Å². The molecule has 0 bridgehead atoms. The number of nitrogens with zero attached hydrogens (tertiary/aromatic N) is 1. The van der Waals surface area contributed by atoms with Crippen molar-refractivity contribution in [3.8, 4) is 11.5 Å². The second-order valence-electron chi connectivity index (χ2n) is 5.36. The number of urea groups is 1. The molecule has 2 heterocycles. The molecule has 1 aromatic heterocycles. The molecule has 2 N–H and O–H groups in total. The van der Waals surface area contributed by atoms with E-state index in [-0.39, 0.29) is 12.8 Å². The molecule has 0 aliphatic carbocycles. The molecular formula is C16H19N3O4. The van der Waals surface area contributed by atoms with E-state index in [1.807, 2.05) is 13.8 Å². The van der Waals surface area contributed by atoms with E-state index in [4.69, 9.17) is 14.0 Å². The van der Waals surface area contributed by atoms with E-state index in [0.29, 0.717) is 23.7 Å². The summed E-state index contributed by atoms with van der Waals surface area (Å²) < 4.78 is 15.6. The van der Waals surface area contributed by atoms with Gasteiger partial charge in [0.25, 0.3) is 0 Å². The summed E-state index contributed by atoms with van der Waals surface area (Å²) in [7, 11) is 0. The van der Waals surface area contributed by atoms with Crippen molar-refractivity contribution in [2.45, 2.75) is 26.7 Å². The molecule has 2 aromatic rings. The van der Waals surface area contributed by atoms with Crippen LogP contribution in [0.15, 0.2) is 22.7 Å². The number of nitrogens with one attached hydrogen (secondary N) is 2. The zero-order valence-corrected chi connectivity index (χ0v) is 13.1. The van der Waals surface area contributed by atoms with Gasteiger partial charge >= 0.3 is 6.03 Å². The van der Waals surface area contributed by atoms with Crippen molar-refractivity contribution in [1.29, 1.82) is 0 Å². The monoisotopic (exact) mass is 317 g/mol. The van der Waals surface area contributed by atoms with E-state index >= 15 is 0 Å². The van der Waals surface area contributed by atoms with Gasteiger partial charge in [-0.2, -0.15) is 0 Å². The molecule has 7 nitrogen and oxygen atoms in total. The van der Waals surface area contributed by atoms with Crippen LogP contribution in [0.5, 0.6) is 11.5 Å². The Hall–Kier alpha value is -2.70. The molecule has 0 saturated carbocycles. The number of benzene rings is 1. The number of ether oxygens (including phenoxy) is 2. The van der Waals surface area contributed by atoms with Gasteiger partial charge in [-0.25, -0.2) is 4.79 Å². The van der Waals surface area contributed by atoms with Crippen molar-refractivity contribution in [3.63, 3.8) is 0 Å². The Morgan fingerprint density at radius 1 is 1.26 bits per heavy atom. The molecule has 1 aliphatic rings. The lowest BCUT2D eigenvalue weighted by Crippen LogP contribution is -2.29. The Balaban J connectivity index is 1.43. The van der Waals surface area contributed by atoms with Gasteiger partial charge in [-0.15, -0.1) is 0 Å². The molecule has 0 unspecified atom stereocenters. The number of aryl methyl sites for hydroxylation is 2. The van der Waals surface area contributed by atoms with Gasteiger partial charge in [0, 0.05) is 23.9 Å². The molecule has 0 radical (unpaired) electrons. The van der Waals surface area contributed by atoms with Crippen LogP contribution >= 0.6 is 0 Å². The first-order chi connectivity index (χ1) is 11.1. The number of hydrogen-bond donors (Lipinski definition) is 2. The number of amides is 2. The summed E-state index contributed by atoms with van der Waals surface area (Å²) in [4.78, 5) is 11.9. The van der Waals surface area contributed by atoms with Gasteiger partial charge in [-0.05, 0) is 38.8 Å². The van der Waals surface area contributed by atoms with Gasteiger partial charge < -0.3 is 24.6 Å². The van der Waals surface area contributed by atoms with Crippen LogP contribution in [-0.4, -0.2) is 24.5 Å². The van der Waals surface area contributed by atoms with Crippen molar-refractivity contribution in [1.82, 2.24) is 10.5 Å². The predicted molar refractivity (Wildman–Crippen MR) is 83.9 cm³/mol. The van der Waals surface area contributed by atoms with Gasteiger partial charge in [0.1, 0.15) is 5.76 Å². The van der Waals surface area contributed by atoms with Crippen molar-refractivity contribution in [3.05, 3.63) is 35.2 Å². The second-order valence-corrected chi connectivity index (χ2v) is 5.36. The number of hydrogen-bond acceptors (Lipinski definition) is 5. The predicted octanol–water partition coefficient (Wildman–Crippen LogP) is 2.77. The lowest BCUT2D eigenvalue weighted by Gasteiger charge is -2.08. The van der Waals surface area contributed by atoms with Gasteiger partial charge in [0.05, 0.1) is 5.69 Å². The number of rotatable bonds is 5. The quantitative estimate of drug-likeness (QED) is 0.828. The lowest BCUT2D eigenvalue weighted by molar-refractivity contribution is 0.174. The van der Waals surface area contributed by atoms with Gasteiger partial charge in [0.2, 0.25) is 6.79 Å². The van der Waals surface area contributed by atoms with Gasteiger partial charge in [0.15, 0.2) is 11.5 Å². The topological polar surface area (TPSA) is 85.6 Å². The summed E-state index contributed by atoms with van der Waals surface area (Å²) in [6.45, 7) is 4.61. The molecule has 1 aliphatic heterocycles. The van der Waals surface area contributed by atoms with E-state index in [0.717, 1.165) is 29.9 Å². The number of aromatic nitrogens is 1. The van der Waals surface area contributed by atoms with Crippen LogP contribution in [0, 0.1) is 13.8 Å². The molecule has 0 spiro atoms. The van der Waals surface area contributed by atoms with Gasteiger partial charge in [-0.3, -0.25) is 0 Å². The standard InChI is InChI=1S/C16H19N3O4/c1-10-13(11(2)23-19-10)4-3-7-17-16(20)18-12-5-6-14-15(8-12)22-9-21-14/h5-6,8H,3-4,7,9H2,1-2H3,(H2,17,18,20). The Morgan fingerprint density at radius 3 is 2.87 bits per heavy atom. The first-order valence-corrected chi connectivity index (χ1v) is 7.50. The fourth-order valence-corrected chi connectivity index (χ4v) is 2.48. The molecule has 122 valence electrons. The Morgan fingerprint density at radius 2 is 2.09 bits per heavy atom. The molecule has 0 atom stereocenters. The highest BCUT2D eigenvalue weighted by Gasteiger charge is 2.14. The third-order valence-corrected chi connectivity index (χ3v) is 3.70. The summed E-state index contributed by atoms with van der Waals surface area (Å²) in [5.41, 5.74) is 2.69. The minimum absolute atomic E-state index is 0.215. The second kappa shape index (κ2) is 6.60. The third kappa shape index (κ3) is 3.56. The molecule has 23 heavy (non-hydrogen) atoms. The van der Waals surface area contributed by atoms with Crippen molar-refractivity contribution in [2.75, 3.05) is 18.7 Å². The van der Waals surface area contributed by atoms with E-state index < -0.39 is 0 Å². The normalized spacial score (nSPS) is 12.3. The van der Waals surface area contributed by atoms with E-state index in [2.05, 4.69) is 15.8 Å². The van der Waals surface area contributed by atoms with E-state index in [1.54, 1.807) is 18.2 Å². The Kier molecular flexibility index (Phi) is 4.36. The van der Waals surface area contributed by atoms with Crippen LogP contribution in [0.3, 0.4) is 0 Å². The summed E-state index contributed by atoms with van der Waals surface area (Å²) in [6, 6.07) is 5.04. The van der Waals surface area contributed by atoms with Crippen LogP contribution in [0.2, 0.25) is 0 Å². The fourth-order valence-electron chi connectivity index (χ4n) is 2.48. The molecule has 0 fully saturated rings. The van der Waals surface area contributed by atoms with Crippen molar-refractivity contribution < 1.29 is 18.8 Å². The first-order valence-electron chi connectivity index (χ1n) is 7.50. The highest BCUT2D eigenvalue weighted by Crippen LogP contribution is 2.34. The zero-order valence-electron chi connectivity index (χ0n) is 13.1. The van der Waals surface area contributed by atoms with Crippen LogP contribution in [0.4, 0.5) is 10.5 Å². The Bertz CT molecular complexity index is 692.